The molecule has 18 heavy (non-hydrogen) atoms. The third kappa shape index (κ3) is 3.31. The number of benzene rings is 2. The molecule has 0 aliphatic carbocycles. The molecule has 0 radical (unpaired) electrons. The lowest BCUT2D eigenvalue weighted by Gasteiger charge is -2.04. The first kappa shape index (κ1) is 13.1. The second kappa shape index (κ2) is 5.50. The standard InChI is InChI=1S/C13H11ClFNOS/c14-10-3-1-9(2-4-10)8-18(17)13-6-11(15)5-12(16)7-13/h1-7H,8,16H2. The maximum Gasteiger partial charge on any atom is 0.126 e. The first-order chi connectivity index (χ1) is 8.54. The molecule has 0 aromatic heterocycles. The van der Waals surface area contributed by atoms with E-state index in [-0.39, 0.29) is 5.69 Å². The Morgan fingerprint density at radius 1 is 1.17 bits per heavy atom. The summed E-state index contributed by atoms with van der Waals surface area (Å²) in [6, 6.07) is 11.0. The Kier molecular flexibility index (Phi) is 3.99. The van der Waals surface area contributed by atoms with Crippen LogP contribution in [-0.4, -0.2) is 4.21 Å². The van der Waals surface area contributed by atoms with E-state index < -0.39 is 16.6 Å². The smallest absolute Gasteiger partial charge is 0.126 e. The van der Waals surface area contributed by atoms with Crippen LogP contribution in [0, 0.1) is 5.82 Å². The largest absolute Gasteiger partial charge is 0.399 e. The molecule has 0 heterocycles. The Hall–Kier alpha value is -1.39. The fourth-order valence-corrected chi connectivity index (χ4v) is 2.83. The van der Waals surface area contributed by atoms with Gasteiger partial charge in [0.05, 0.1) is 16.6 Å². The third-order valence-electron chi connectivity index (χ3n) is 2.37. The number of nitrogen functional groups attached to an aromatic ring is 1. The van der Waals surface area contributed by atoms with Crippen LogP contribution in [0.4, 0.5) is 10.1 Å². The average molecular weight is 284 g/mol. The van der Waals surface area contributed by atoms with Gasteiger partial charge in [0, 0.05) is 15.6 Å². The van der Waals surface area contributed by atoms with Crippen molar-refractivity contribution in [2.45, 2.75) is 10.6 Å². The highest BCUT2D eigenvalue weighted by molar-refractivity contribution is 7.84. The molecular weight excluding hydrogens is 273 g/mol. The molecule has 0 spiro atoms. The lowest BCUT2D eigenvalue weighted by molar-refractivity contribution is 0.623. The molecule has 1 atom stereocenters. The van der Waals surface area contributed by atoms with Gasteiger partial charge in [-0.25, -0.2) is 4.39 Å². The Morgan fingerprint density at radius 3 is 2.44 bits per heavy atom. The lowest BCUT2D eigenvalue weighted by atomic mass is 10.2. The summed E-state index contributed by atoms with van der Waals surface area (Å²) in [5.74, 6) is -0.172. The fraction of sp³-hybridized carbons (Fsp3) is 0.0769. The van der Waals surface area contributed by atoms with E-state index in [0.29, 0.717) is 15.7 Å². The molecule has 2 N–H and O–H groups in total. The monoisotopic (exact) mass is 283 g/mol. The molecule has 2 rings (SSSR count). The summed E-state index contributed by atoms with van der Waals surface area (Å²) in [5.41, 5.74) is 6.67. The van der Waals surface area contributed by atoms with Gasteiger partial charge in [-0.1, -0.05) is 23.7 Å². The molecule has 0 saturated carbocycles. The van der Waals surface area contributed by atoms with Crippen molar-refractivity contribution in [3.63, 3.8) is 0 Å². The lowest BCUT2D eigenvalue weighted by Crippen LogP contribution is -1.98. The second-order valence-electron chi connectivity index (χ2n) is 3.84. The molecule has 0 fully saturated rings. The zero-order valence-corrected chi connectivity index (χ0v) is 11.0. The van der Waals surface area contributed by atoms with Crippen molar-refractivity contribution in [3.05, 3.63) is 58.9 Å². The summed E-state index contributed by atoms with van der Waals surface area (Å²) in [5, 5.41) is 0.625. The fourth-order valence-electron chi connectivity index (χ4n) is 1.53. The van der Waals surface area contributed by atoms with Crippen LogP contribution in [0.2, 0.25) is 5.02 Å². The molecule has 1 unspecified atom stereocenters. The highest BCUT2D eigenvalue weighted by Crippen LogP contribution is 2.18. The van der Waals surface area contributed by atoms with Crippen LogP contribution in [0.1, 0.15) is 5.56 Å². The van der Waals surface area contributed by atoms with Crippen LogP contribution < -0.4 is 5.73 Å². The van der Waals surface area contributed by atoms with E-state index in [4.69, 9.17) is 17.3 Å². The van der Waals surface area contributed by atoms with Crippen LogP contribution in [0.3, 0.4) is 0 Å². The van der Waals surface area contributed by atoms with Crippen LogP contribution in [0.5, 0.6) is 0 Å². The molecule has 2 aromatic carbocycles. The average Bonchev–Trinajstić information content (AvgIpc) is 2.31. The van der Waals surface area contributed by atoms with Gasteiger partial charge in [0.1, 0.15) is 5.82 Å². The van der Waals surface area contributed by atoms with E-state index >= 15 is 0 Å². The second-order valence-corrected chi connectivity index (χ2v) is 5.72. The van der Waals surface area contributed by atoms with Gasteiger partial charge in [0.2, 0.25) is 0 Å². The van der Waals surface area contributed by atoms with Crippen molar-refractivity contribution in [1.29, 1.82) is 0 Å². The number of hydrogen-bond donors (Lipinski definition) is 1. The predicted molar refractivity (Wildman–Crippen MR) is 72.4 cm³/mol. The summed E-state index contributed by atoms with van der Waals surface area (Å²) in [7, 11) is -1.32. The molecule has 5 heteroatoms. The van der Waals surface area contributed by atoms with E-state index in [9.17, 15) is 8.60 Å². The molecule has 2 nitrogen and oxygen atoms in total. The number of rotatable bonds is 3. The Bertz CT molecular complexity index is 566. The van der Waals surface area contributed by atoms with E-state index in [2.05, 4.69) is 0 Å². The molecule has 0 saturated heterocycles. The maximum absolute atomic E-state index is 13.1. The normalized spacial score (nSPS) is 12.3. The van der Waals surface area contributed by atoms with Crippen molar-refractivity contribution < 1.29 is 8.60 Å². The molecule has 0 amide bonds. The van der Waals surface area contributed by atoms with Crippen molar-refractivity contribution in [3.8, 4) is 0 Å². The molecule has 94 valence electrons. The number of nitrogens with two attached hydrogens (primary N) is 1. The van der Waals surface area contributed by atoms with Gasteiger partial charge < -0.3 is 5.73 Å². The molecule has 0 aliphatic rings. The third-order valence-corrected chi connectivity index (χ3v) is 3.98. The molecule has 2 aromatic rings. The van der Waals surface area contributed by atoms with Gasteiger partial charge in [-0.3, -0.25) is 4.21 Å². The van der Waals surface area contributed by atoms with Gasteiger partial charge in [-0.15, -0.1) is 0 Å². The van der Waals surface area contributed by atoms with Gasteiger partial charge >= 0.3 is 0 Å². The predicted octanol–water partition coefficient (Wildman–Crippen LogP) is 3.37. The van der Waals surface area contributed by atoms with Crippen LogP contribution in [0.15, 0.2) is 47.4 Å². The Labute approximate surface area is 112 Å². The summed E-state index contributed by atoms with van der Waals surface area (Å²) in [4.78, 5) is 0.391. The van der Waals surface area contributed by atoms with Crippen LogP contribution in [0.25, 0.3) is 0 Å². The number of anilines is 1. The zero-order valence-electron chi connectivity index (χ0n) is 9.40. The van der Waals surface area contributed by atoms with E-state index in [1.54, 1.807) is 24.3 Å². The van der Waals surface area contributed by atoms with Gasteiger partial charge in [-0.2, -0.15) is 0 Å². The molecular formula is C13H11ClFNOS. The van der Waals surface area contributed by atoms with Crippen molar-refractivity contribution in [2.24, 2.45) is 0 Å². The topological polar surface area (TPSA) is 43.1 Å². The Balaban J connectivity index is 2.19. The first-order valence-corrected chi connectivity index (χ1v) is 6.93. The van der Waals surface area contributed by atoms with Gasteiger partial charge in [-0.05, 0) is 35.9 Å². The van der Waals surface area contributed by atoms with Crippen molar-refractivity contribution in [2.75, 3.05) is 5.73 Å². The Morgan fingerprint density at radius 2 is 1.83 bits per heavy atom. The number of halogens is 2. The summed E-state index contributed by atoms with van der Waals surface area (Å²) < 4.78 is 25.2. The quantitative estimate of drug-likeness (QED) is 0.878. The SMILES string of the molecule is Nc1cc(F)cc(S(=O)Cc2ccc(Cl)cc2)c1. The van der Waals surface area contributed by atoms with Crippen molar-refractivity contribution >= 4 is 28.1 Å². The highest BCUT2D eigenvalue weighted by Gasteiger charge is 2.07. The minimum atomic E-state index is -1.32. The minimum absolute atomic E-state index is 0.273. The molecule has 0 bridgehead atoms. The minimum Gasteiger partial charge on any atom is -0.399 e. The van der Waals surface area contributed by atoms with Crippen molar-refractivity contribution in [1.82, 2.24) is 0 Å². The maximum atomic E-state index is 13.1. The summed E-state index contributed by atoms with van der Waals surface area (Å²) in [6.07, 6.45) is 0. The summed E-state index contributed by atoms with van der Waals surface area (Å²) in [6.45, 7) is 0. The van der Waals surface area contributed by atoms with E-state index in [1.165, 1.54) is 18.2 Å². The van der Waals surface area contributed by atoms with Gasteiger partial charge in [0.25, 0.3) is 0 Å². The zero-order chi connectivity index (χ0) is 13.1. The highest BCUT2D eigenvalue weighted by atomic mass is 35.5. The van der Waals surface area contributed by atoms with E-state index in [1.807, 2.05) is 0 Å². The van der Waals surface area contributed by atoms with Crippen LogP contribution in [-0.2, 0) is 16.6 Å². The van der Waals surface area contributed by atoms with Crippen LogP contribution >= 0.6 is 11.6 Å². The summed E-state index contributed by atoms with van der Waals surface area (Å²) >= 11 is 5.76. The molecule has 0 aliphatic heterocycles. The number of hydrogen-bond acceptors (Lipinski definition) is 2. The van der Waals surface area contributed by atoms with E-state index in [0.717, 1.165) is 5.56 Å². The van der Waals surface area contributed by atoms with Gasteiger partial charge in [0.15, 0.2) is 0 Å². The first-order valence-electron chi connectivity index (χ1n) is 5.23.